The van der Waals surface area contributed by atoms with Gasteiger partial charge in [0.15, 0.2) is 0 Å². The molecule has 1 atom stereocenters. The Morgan fingerprint density at radius 3 is 3.06 bits per heavy atom. The van der Waals surface area contributed by atoms with Gasteiger partial charge < -0.3 is 5.32 Å². The highest BCUT2D eigenvalue weighted by molar-refractivity contribution is 4.80. The predicted molar refractivity (Wildman–Crippen MR) is 64.1 cm³/mol. The topological polar surface area (TPSA) is 53.6 Å². The van der Waals surface area contributed by atoms with E-state index in [0.29, 0.717) is 6.04 Å². The fourth-order valence-corrected chi connectivity index (χ4v) is 2.27. The van der Waals surface area contributed by atoms with Crippen LogP contribution in [0.1, 0.15) is 44.9 Å². The van der Waals surface area contributed by atoms with Gasteiger partial charge in [0.2, 0.25) is 0 Å². The molecule has 0 bridgehead atoms. The molecule has 16 heavy (non-hydrogen) atoms. The predicted octanol–water partition coefficient (Wildman–Crippen LogP) is 1.91. The summed E-state index contributed by atoms with van der Waals surface area (Å²) in [6.07, 6.45) is 9.38. The van der Waals surface area contributed by atoms with Crippen LogP contribution in [0.15, 0.2) is 6.33 Å². The van der Waals surface area contributed by atoms with E-state index >= 15 is 0 Å². The molecular weight excluding hydrogens is 200 g/mol. The number of nitrogens with zero attached hydrogens (tertiary/aromatic N) is 2. The minimum Gasteiger partial charge on any atom is -0.314 e. The fourth-order valence-electron chi connectivity index (χ4n) is 2.27. The lowest BCUT2D eigenvalue weighted by atomic mass is 9.81. The Labute approximate surface area is 97.2 Å². The van der Waals surface area contributed by atoms with E-state index in [1.807, 2.05) is 0 Å². The van der Waals surface area contributed by atoms with Gasteiger partial charge in [-0.1, -0.05) is 19.3 Å². The number of aromatic amines is 1. The minimum atomic E-state index is 0.667. The molecule has 4 heteroatoms. The maximum Gasteiger partial charge on any atom is 0.137 e. The molecule has 1 saturated carbocycles. The van der Waals surface area contributed by atoms with Crippen molar-refractivity contribution in [2.24, 2.45) is 5.92 Å². The number of nitrogens with one attached hydrogen (secondary N) is 2. The molecule has 1 aromatic rings. The first-order chi connectivity index (χ1) is 7.84. The van der Waals surface area contributed by atoms with Crippen molar-refractivity contribution in [3.8, 4) is 0 Å². The van der Waals surface area contributed by atoms with Crippen molar-refractivity contribution in [2.75, 3.05) is 6.54 Å². The van der Waals surface area contributed by atoms with Crippen LogP contribution in [-0.2, 0) is 6.42 Å². The lowest BCUT2D eigenvalue weighted by Gasteiger charge is -2.28. The van der Waals surface area contributed by atoms with Crippen molar-refractivity contribution in [1.29, 1.82) is 0 Å². The largest absolute Gasteiger partial charge is 0.314 e. The van der Waals surface area contributed by atoms with Crippen LogP contribution < -0.4 is 5.32 Å². The summed E-state index contributed by atoms with van der Waals surface area (Å²) in [5.41, 5.74) is 0. The Hall–Kier alpha value is -0.900. The van der Waals surface area contributed by atoms with Gasteiger partial charge in [0.05, 0.1) is 0 Å². The van der Waals surface area contributed by atoms with Crippen molar-refractivity contribution in [3.63, 3.8) is 0 Å². The van der Waals surface area contributed by atoms with Gasteiger partial charge in [-0.05, 0) is 32.2 Å². The molecule has 1 fully saturated rings. The molecule has 1 unspecified atom stereocenters. The molecule has 0 aliphatic heterocycles. The molecule has 1 heterocycles. The quantitative estimate of drug-likeness (QED) is 0.693. The Morgan fingerprint density at radius 2 is 2.44 bits per heavy atom. The fraction of sp³-hybridized carbons (Fsp3) is 0.833. The average molecular weight is 222 g/mol. The second-order valence-corrected chi connectivity index (χ2v) is 4.92. The Kier molecular flexibility index (Phi) is 4.34. The molecule has 1 aliphatic carbocycles. The molecule has 0 spiro atoms. The van der Waals surface area contributed by atoms with E-state index in [1.165, 1.54) is 25.7 Å². The van der Waals surface area contributed by atoms with Gasteiger partial charge in [-0.2, -0.15) is 5.10 Å². The monoisotopic (exact) mass is 222 g/mol. The molecule has 0 amide bonds. The summed E-state index contributed by atoms with van der Waals surface area (Å²) < 4.78 is 0. The molecule has 2 rings (SSSR count). The summed E-state index contributed by atoms with van der Waals surface area (Å²) in [4.78, 5) is 4.11. The standard InChI is InChI=1S/C12H22N4/c1-10(8-11-4-2-5-11)13-7-3-6-12-14-9-15-16-12/h9-11,13H,2-8H2,1H3,(H,14,15,16). The van der Waals surface area contributed by atoms with E-state index in [4.69, 9.17) is 0 Å². The van der Waals surface area contributed by atoms with Crippen LogP contribution in [-0.4, -0.2) is 27.8 Å². The van der Waals surface area contributed by atoms with E-state index < -0.39 is 0 Å². The normalized spacial score (nSPS) is 18.3. The highest BCUT2D eigenvalue weighted by Gasteiger charge is 2.19. The number of rotatable bonds is 7. The van der Waals surface area contributed by atoms with Gasteiger partial charge in [0.1, 0.15) is 12.2 Å². The Balaban J connectivity index is 1.50. The molecular formula is C12H22N4. The number of aryl methyl sites for hydroxylation is 1. The summed E-state index contributed by atoms with van der Waals surface area (Å²) in [6, 6.07) is 0.667. The van der Waals surface area contributed by atoms with Crippen molar-refractivity contribution in [2.45, 2.75) is 51.5 Å². The van der Waals surface area contributed by atoms with Gasteiger partial charge in [0, 0.05) is 12.5 Å². The number of hydrogen-bond donors (Lipinski definition) is 2. The van der Waals surface area contributed by atoms with Gasteiger partial charge in [-0.3, -0.25) is 5.10 Å². The second kappa shape index (κ2) is 5.99. The van der Waals surface area contributed by atoms with Crippen LogP contribution in [0.4, 0.5) is 0 Å². The smallest absolute Gasteiger partial charge is 0.137 e. The van der Waals surface area contributed by atoms with Gasteiger partial charge >= 0.3 is 0 Å². The average Bonchev–Trinajstić information content (AvgIpc) is 2.71. The summed E-state index contributed by atoms with van der Waals surface area (Å²) in [7, 11) is 0. The van der Waals surface area contributed by atoms with E-state index in [0.717, 1.165) is 31.1 Å². The van der Waals surface area contributed by atoms with Crippen LogP contribution in [0.2, 0.25) is 0 Å². The zero-order valence-corrected chi connectivity index (χ0v) is 10.1. The summed E-state index contributed by atoms with van der Waals surface area (Å²) in [5.74, 6) is 1.99. The summed E-state index contributed by atoms with van der Waals surface area (Å²) >= 11 is 0. The summed E-state index contributed by atoms with van der Waals surface area (Å²) in [6.45, 7) is 3.38. The Bertz CT molecular complexity index is 279. The molecule has 4 nitrogen and oxygen atoms in total. The zero-order valence-electron chi connectivity index (χ0n) is 10.1. The third-order valence-electron chi connectivity index (χ3n) is 3.46. The molecule has 0 aromatic carbocycles. The Morgan fingerprint density at radius 1 is 1.56 bits per heavy atom. The van der Waals surface area contributed by atoms with E-state index in [-0.39, 0.29) is 0 Å². The number of aromatic nitrogens is 3. The molecule has 2 N–H and O–H groups in total. The van der Waals surface area contributed by atoms with Crippen LogP contribution >= 0.6 is 0 Å². The number of H-pyrrole nitrogens is 1. The lowest BCUT2D eigenvalue weighted by Crippen LogP contribution is -2.31. The first kappa shape index (κ1) is 11.6. The van der Waals surface area contributed by atoms with Crippen molar-refractivity contribution >= 4 is 0 Å². The van der Waals surface area contributed by atoms with Crippen LogP contribution in [0.25, 0.3) is 0 Å². The van der Waals surface area contributed by atoms with Crippen LogP contribution in [0.3, 0.4) is 0 Å². The third-order valence-corrected chi connectivity index (χ3v) is 3.46. The first-order valence-corrected chi connectivity index (χ1v) is 6.42. The molecule has 90 valence electrons. The van der Waals surface area contributed by atoms with Crippen molar-refractivity contribution in [1.82, 2.24) is 20.5 Å². The minimum absolute atomic E-state index is 0.667. The lowest BCUT2D eigenvalue weighted by molar-refractivity contribution is 0.266. The van der Waals surface area contributed by atoms with Gasteiger partial charge in [0.25, 0.3) is 0 Å². The molecule has 1 aliphatic rings. The van der Waals surface area contributed by atoms with Gasteiger partial charge in [-0.25, -0.2) is 4.98 Å². The van der Waals surface area contributed by atoms with Crippen molar-refractivity contribution in [3.05, 3.63) is 12.2 Å². The highest BCUT2D eigenvalue weighted by Crippen LogP contribution is 2.30. The maximum atomic E-state index is 4.11. The second-order valence-electron chi connectivity index (χ2n) is 4.92. The van der Waals surface area contributed by atoms with E-state index in [1.54, 1.807) is 6.33 Å². The molecule has 0 saturated heterocycles. The number of hydrogen-bond acceptors (Lipinski definition) is 3. The molecule has 1 aromatic heterocycles. The summed E-state index contributed by atoms with van der Waals surface area (Å²) in [5, 5.41) is 10.3. The zero-order chi connectivity index (χ0) is 11.2. The maximum absolute atomic E-state index is 4.11. The first-order valence-electron chi connectivity index (χ1n) is 6.42. The van der Waals surface area contributed by atoms with Gasteiger partial charge in [-0.15, -0.1) is 0 Å². The van der Waals surface area contributed by atoms with E-state index in [9.17, 15) is 0 Å². The molecule has 0 radical (unpaired) electrons. The SMILES string of the molecule is CC(CC1CCC1)NCCCc1ncn[nH]1. The van der Waals surface area contributed by atoms with Crippen LogP contribution in [0.5, 0.6) is 0 Å². The van der Waals surface area contributed by atoms with E-state index in [2.05, 4.69) is 27.4 Å². The van der Waals surface area contributed by atoms with Crippen molar-refractivity contribution < 1.29 is 0 Å². The third kappa shape index (κ3) is 3.59. The highest BCUT2D eigenvalue weighted by atomic mass is 15.2. The van der Waals surface area contributed by atoms with Crippen LogP contribution in [0, 0.1) is 5.92 Å².